The Balaban J connectivity index is 0.00000261. The number of rotatable bonds is 4. The van der Waals surface area contributed by atoms with Gasteiger partial charge in [0.25, 0.3) is 0 Å². The third-order valence-corrected chi connectivity index (χ3v) is 5.56. The Morgan fingerprint density at radius 1 is 1.30 bits per heavy atom. The molecule has 148 valence electrons. The molecule has 27 heavy (non-hydrogen) atoms. The topological polar surface area (TPSA) is 57.5 Å². The molecule has 1 saturated heterocycles. The molecule has 1 aliphatic heterocycles. The second-order valence-electron chi connectivity index (χ2n) is 6.75. The molecular weight excluding hydrogens is 519 g/mol. The predicted octanol–water partition coefficient (Wildman–Crippen LogP) is 3.36. The first-order valence-corrected chi connectivity index (χ1v) is 9.74. The largest absolute Gasteiger partial charge is 0.369 e. The first-order valence-electron chi connectivity index (χ1n) is 8.94. The summed E-state index contributed by atoms with van der Waals surface area (Å²) in [5.41, 5.74) is 4.75. The molecule has 0 radical (unpaired) electrons. The van der Waals surface area contributed by atoms with Gasteiger partial charge in [0.1, 0.15) is 0 Å². The third kappa shape index (κ3) is 5.37. The lowest BCUT2D eigenvalue weighted by Gasteiger charge is -2.20. The summed E-state index contributed by atoms with van der Waals surface area (Å²) >= 11 is 3.50. The van der Waals surface area contributed by atoms with E-state index in [1.54, 1.807) is 0 Å². The van der Waals surface area contributed by atoms with Gasteiger partial charge >= 0.3 is 0 Å². The van der Waals surface area contributed by atoms with E-state index in [2.05, 4.69) is 72.7 Å². The summed E-state index contributed by atoms with van der Waals surface area (Å²) in [5, 5.41) is 11.5. The first kappa shape index (κ1) is 22.0. The van der Waals surface area contributed by atoms with Crippen LogP contribution in [-0.2, 0) is 13.6 Å². The van der Waals surface area contributed by atoms with E-state index in [0.29, 0.717) is 6.04 Å². The number of aryl methyl sites for hydroxylation is 2. The van der Waals surface area contributed by atoms with Crippen molar-refractivity contribution in [2.24, 2.45) is 12.0 Å². The monoisotopic (exact) mass is 546 g/mol. The SMILES string of the molecule is CN=C(NCc1c(C)nn(C)c1C)NC1CCN(c2ccc(Br)cc2)C1.I. The Hall–Kier alpha value is -1.29. The Morgan fingerprint density at radius 2 is 2.00 bits per heavy atom. The minimum atomic E-state index is 0. The van der Waals surface area contributed by atoms with E-state index < -0.39 is 0 Å². The van der Waals surface area contributed by atoms with Crippen molar-refractivity contribution >= 4 is 51.6 Å². The van der Waals surface area contributed by atoms with Crippen molar-refractivity contribution in [3.63, 3.8) is 0 Å². The Morgan fingerprint density at radius 3 is 2.59 bits per heavy atom. The number of halogens is 2. The van der Waals surface area contributed by atoms with E-state index in [1.807, 2.05) is 25.7 Å². The number of nitrogens with one attached hydrogen (secondary N) is 2. The fourth-order valence-corrected chi connectivity index (χ4v) is 3.66. The highest BCUT2D eigenvalue weighted by Gasteiger charge is 2.23. The molecule has 1 aliphatic rings. The molecule has 2 N–H and O–H groups in total. The molecular formula is C19H28BrIN6. The van der Waals surface area contributed by atoms with Crippen molar-refractivity contribution in [2.75, 3.05) is 25.0 Å². The minimum Gasteiger partial charge on any atom is -0.369 e. The minimum absolute atomic E-state index is 0. The lowest BCUT2D eigenvalue weighted by atomic mass is 10.2. The molecule has 0 spiro atoms. The third-order valence-electron chi connectivity index (χ3n) is 5.04. The van der Waals surface area contributed by atoms with Crippen molar-refractivity contribution in [1.82, 2.24) is 20.4 Å². The van der Waals surface area contributed by atoms with Crippen LogP contribution in [0, 0.1) is 13.8 Å². The number of hydrogen-bond acceptors (Lipinski definition) is 3. The molecule has 1 aromatic carbocycles. The smallest absolute Gasteiger partial charge is 0.191 e. The van der Waals surface area contributed by atoms with Crippen LogP contribution in [0.4, 0.5) is 5.69 Å². The van der Waals surface area contributed by atoms with Gasteiger partial charge < -0.3 is 15.5 Å². The van der Waals surface area contributed by atoms with Gasteiger partial charge in [-0.15, -0.1) is 24.0 Å². The quantitative estimate of drug-likeness (QED) is 0.351. The summed E-state index contributed by atoms with van der Waals surface area (Å²) in [7, 11) is 3.80. The molecule has 6 nitrogen and oxygen atoms in total. The van der Waals surface area contributed by atoms with Gasteiger partial charge in [0.2, 0.25) is 0 Å². The molecule has 3 rings (SSSR count). The zero-order chi connectivity index (χ0) is 18.7. The molecule has 0 aliphatic carbocycles. The average molecular weight is 547 g/mol. The van der Waals surface area contributed by atoms with Crippen LogP contribution in [0.5, 0.6) is 0 Å². The number of guanidine groups is 1. The summed E-state index contributed by atoms with van der Waals surface area (Å²) in [6, 6.07) is 8.89. The fourth-order valence-electron chi connectivity index (χ4n) is 3.40. The van der Waals surface area contributed by atoms with Crippen LogP contribution in [0.15, 0.2) is 33.7 Å². The molecule has 0 saturated carbocycles. The summed E-state index contributed by atoms with van der Waals surface area (Å²) in [6.45, 7) is 6.91. The van der Waals surface area contributed by atoms with E-state index in [0.717, 1.165) is 42.2 Å². The van der Waals surface area contributed by atoms with Gasteiger partial charge in [-0.25, -0.2) is 0 Å². The van der Waals surface area contributed by atoms with E-state index >= 15 is 0 Å². The van der Waals surface area contributed by atoms with Crippen LogP contribution in [0.1, 0.15) is 23.4 Å². The van der Waals surface area contributed by atoms with Crippen molar-refractivity contribution < 1.29 is 0 Å². The van der Waals surface area contributed by atoms with E-state index in [4.69, 9.17) is 0 Å². The Kier molecular flexibility index (Phi) is 7.96. The molecule has 1 unspecified atom stereocenters. The first-order chi connectivity index (χ1) is 12.5. The van der Waals surface area contributed by atoms with Crippen LogP contribution in [0.25, 0.3) is 0 Å². The normalized spacial score (nSPS) is 17.0. The molecule has 1 aromatic heterocycles. The van der Waals surface area contributed by atoms with E-state index in [1.165, 1.54) is 16.9 Å². The maximum absolute atomic E-state index is 4.47. The lowest BCUT2D eigenvalue weighted by Crippen LogP contribution is -2.44. The zero-order valence-corrected chi connectivity index (χ0v) is 20.2. The standard InChI is InChI=1S/C19H27BrN6.HI/c1-13-18(14(2)25(4)24-13)11-22-19(21-3)23-16-9-10-26(12-16)17-7-5-15(20)6-8-17;/h5-8,16H,9-12H2,1-4H3,(H2,21,22,23);1H. The maximum atomic E-state index is 4.47. The molecule has 0 bridgehead atoms. The summed E-state index contributed by atoms with van der Waals surface area (Å²) in [5.74, 6) is 0.843. The van der Waals surface area contributed by atoms with Crippen LogP contribution in [0.2, 0.25) is 0 Å². The highest BCUT2D eigenvalue weighted by atomic mass is 127. The number of aromatic nitrogens is 2. The lowest BCUT2D eigenvalue weighted by molar-refractivity contribution is 0.648. The van der Waals surface area contributed by atoms with Crippen molar-refractivity contribution in [3.8, 4) is 0 Å². The maximum Gasteiger partial charge on any atom is 0.191 e. The fraction of sp³-hybridized carbons (Fsp3) is 0.474. The van der Waals surface area contributed by atoms with Crippen LogP contribution in [-0.4, -0.2) is 41.9 Å². The van der Waals surface area contributed by atoms with Crippen LogP contribution in [0.3, 0.4) is 0 Å². The van der Waals surface area contributed by atoms with Gasteiger partial charge in [0.05, 0.1) is 5.69 Å². The van der Waals surface area contributed by atoms with Crippen molar-refractivity contribution in [2.45, 2.75) is 32.9 Å². The van der Waals surface area contributed by atoms with Crippen LogP contribution < -0.4 is 15.5 Å². The van der Waals surface area contributed by atoms with Gasteiger partial charge in [0.15, 0.2) is 5.96 Å². The average Bonchev–Trinajstić information content (AvgIpc) is 3.18. The number of aliphatic imine (C=N–C) groups is 1. The Bertz CT molecular complexity index is 786. The highest BCUT2D eigenvalue weighted by molar-refractivity contribution is 14.0. The van der Waals surface area contributed by atoms with Crippen molar-refractivity contribution in [1.29, 1.82) is 0 Å². The summed E-state index contributed by atoms with van der Waals surface area (Å²) in [6.07, 6.45) is 1.10. The molecule has 1 fully saturated rings. The van der Waals surface area contributed by atoms with Gasteiger partial charge in [-0.3, -0.25) is 9.67 Å². The van der Waals surface area contributed by atoms with Gasteiger partial charge in [-0.1, -0.05) is 15.9 Å². The van der Waals surface area contributed by atoms with E-state index in [9.17, 15) is 0 Å². The summed E-state index contributed by atoms with van der Waals surface area (Å²) < 4.78 is 3.04. The molecule has 1 atom stereocenters. The highest BCUT2D eigenvalue weighted by Crippen LogP contribution is 2.22. The number of anilines is 1. The molecule has 2 aromatic rings. The van der Waals surface area contributed by atoms with Gasteiger partial charge in [-0.05, 0) is 44.5 Å². The van der Waals surface area contributed by atoms with Crippen molar-refractivity contribution in [3.05, 3.63) is 45.7 Å². The number of benzene rings is 1. The molecule has 2 heterocycles. The molecule has 0 amide bonds. The zero-order valence-electron chi connectivity index (χ0n) is 16.3. The predicted molar refractivity (Wildman–Crippen MR) is 126 cm³/mol. The second-order valence-corrected chi connectivity index (χ2v) is 7.67. The number of nitrogens with zero attached hydrogens (tertiary/aromatic N) is 4. The summed E-state index contributed by atoms with van der Waals surface area (Å²) in [4.78, 5) is 6.79. The number of hydrogen-bond donors (Lipinski definition) is 2. The Labute approximate surface area is 187 Å². The van der Waals surface area contributed by atoms with Crippen LogP contribution >= 0.6 is 39.9 Å². The molecule has 8 heteroatoms. The van der Waals surface area contributed by atoms with E-state index in [-0.39, 0.29) is 24.0 Å². The second kappa shape index (κ2) is 9.77. The van der Waals surface area contributed by atoms with Gasteiger partial charge in [-0.2, -0.15) is 5.10 Å². The van der Waals surface area contributed by atoms with Gasteiger partial charge in [0, 0.05) is 61.2 Å².